The Hall–Kier alpha value is -1.62. The molecule has 4 nitrogen and oxygen atoms in total. The Kier molecular flexibility index (Phi) is 4.74. The molecule has 5 heteroatoms. The first-order valence-corrected chi connectivity index (χ1v) is 6.72. The van der Waals surface area contributed by atoms with E-state index in [1.54, 1.807) is 0 Å². The van der Waals surface area contributed by atoms with Crippen molar-refractivity contribution in [3.8, 4) is 0 Å². The molecule has 0 atom stereocenters. The second kappa shape index (κ2) is 6.52. The van der Waals surface area contributed by atoms with Crippen molar-refractivity contribution in [2.75, 3.05) is 31.9 Å². The van der Waals surface area contributed by atoms with Crippen LogP contribution in [0.2, 0.25) is 0 Å². The smallest absolute Gasteiger partial charge is 0.254 e. The Labute approximate surface area is 112 Å². The lowest BCUT2D eigenvalue weighted by molar-refractivity contribution is 0.0948. The van der Waals surface area contributed by atoms with Gasteiger partial charge in [0.25, 0.3) is 5.91 Å². The summed E-state index contributed by atoms with van der Waals surface area (Å²) in [4.78, 5) is 14.2. The molecule has 0 spiro atoms. The summed E-state index contributed by atoms with van der Waals surface area (Å²) in [6.07, 6.45) is 3.41. The third kappa shape index (κ3) is 3.92. The Morgan fingerprint density at radius 2 is 2.11 bits per heavy atom. The van der Waals surface area contributed by atoms with E-state index in [0.29, 0.717) is 12.2 Å². The molecule has 0 bridgehead atoms. The van der Waals surface area contributed by atoms with Crippen LogP contribution < -0.4 is 11.1 Å². The number of rotatable bonds is 5. The van der Waals surface area contributed by atoms with Crippen LogP contribution in [0.1, 0.15) is 29.6 Å². The van der Waals surface area contributed by atoms with Gasteiger partial charge in [-0.3, -0.25) is 4.79 Å². The van der Waals surface area contributed by atoms with Gasteiger partial charge in [-0.15, -0.1) is 0 Å². The number of hydrogen-bond acceptors (Lipinski definition) is 3. The molecule has 1 aliphatic heterocycles. The fraction of sp³-hybridized carbons (Fsp3) is 0.500. The first-order valence-electron chi connectivity index (χ1n) is 6.72. The van der Waals surface area contributed by atoms with E-state index < -0.39 is 11.7 Å². The highest BCUT2D eigenvalue weighted by Crippen LogP contribution is 2.12. The predicted molar refractivity (Wildman–Crippen MR) is 73.4 cm³/mol. The van der Waals surface area contributed by atoms with E-state index in [1.165, 1.54) is 31.0 Å². The Morgan fingerprint density at radius 1 is 1.37 bits per heavy atom. The molecule has 104 valence electrons. The van der Waals surface area contributed by atoms with E-state index >= 15 is 0 Å². The van der Waals surface area contributed by atoms with Crippen molar-refractivity contribution in [2.45, 2.75) is 19.3 Å². The van der Waals surface area contributed by atoms with Crippen LogP contribution in [0.5, 0.6) is 0 Å². The van der Waals surface area contributed by atoms with E-state index in [2.05, 4.69) is 10.2 Å². The summed E-state index contributed by atoms with van der Waals surface area (Å²) >= 11 is 0. The van der Waals surface area contributed by atoms with Gasteiger partial charge in [0, 0.05) is 12.2 Å². The standard InChI is InChI=1S/C14H20FN3O/c15-13-5-4-11(16)10-12(13)14(19)17-6-3-9-18-7-1-2-8-18/h4-5,10H,1-3,6-9,16H2,(H,17,19). The van der Waals surface area contributed by atoms with E-state index in [9.17, 15) is 9.18 Å². The summed E-state index contributed by atoms with van der Waals surface area (Å²) in [5.41, 5.74) is 5.96. The summed E-state index contributed by atoms with van der Waals surface area (Å²) in [5, 5.41) is 2.73. The van der Waals surface area contributed by atoms with Gasteiger partial charge in [-0.25, -0.2) is 4.39 Å². The Morgan fingerprint density at radius 3 is 2.84 bits per heavy atom. The van der Waals surface area contributed by atoms with Crippen molar-refractivity contribution in [1.29, 1.82) is 0 Å². The van der Waals surface area contributed by atoms with Crippen LogP contribution in [0.25, 0.3) is 0 Å². The first kappa shape index (κ1) is 13.8. The lowest BCUT2D eigenvalue weighted by Gasteiger charge is -2.14. The van der Waals surface area contributed by atoms with Crippen LogP contribution in [0.15, 0.2) is 18.2 Å². The van der Waals surface area contributed by atoms with Crippen LogP contribution in [-0.4, -0.2) is 37.0 Å². The number of likely N-dealkylation sites (tertiary alicyclic amines) is 1. The molecule has 0 aliphatic carbocycles. The van der Waals surface area contributed by atoms with Gasteiger partial charge in [0.05, 0.1) is 5.56 Å². The van der Waals surface area contributed by atoms with Gasteiger partial charge in [-0.1, -0.05) is 0 Å². The highest BCUT2D eigenvalue weighted by atomic mass is 19.1. The average molecular weight is 265 g/mol. The van der Waals surface area contributed by atoms with E-state index in [-0.39, 0.29) is 5.56 Å². The van der Waals surface area contributed by atoms with Gasteiger partial charge in [-0.2, -0.15) is 0 Å². The number of nitrogen functional groups attached to an aromatic ring is 1. The van der Waals surface area contributed by atoms with Gasteiger partial charge in [0.15, 0.2) is 0 Å². The van der Waals surface area contributed by atoms with Crippen molar-refractivity contribution < 1.29 is 9.18 Å². The summed E-state index contributed by atoms with van der Waals surface area (Å²) in [7, 11) is 0. The van der Waals surface area contributed by atoms with Gasteiger partial charge in [-0.05, 0) is 57.1 Å². The molecule has 19 heavy (non-hydrogen) atoms. The minimum Gasteiger partial charge on any atom is -0.399 e. The predicted octanol–water partition coefficient (Wildman–Crippen LogP) is 1.62. The van der Waals surface area contributed by atoms with E-state index in [0.717, 1.165) is 26.1 Å². The molecule has 1 aromatic rings. The van der Waals surface area contributed by atoms with E-state index in [4.69, 9.17) is 5.73 Å². The summed E-state index contributed by atoms with van der Waals surface area (Å²) in [6, 6.07) is 4.03. The van der Waals surface area contributed by atoms with Crippen molar-refractivity contribution in [3.05, 3.63) is 29.6 Å². The molecule has 0 aromatic heterocycles. The number of hydrogen-bond donors (Lipinski definition) is 2. The molecule has 1 amide bonds. The number of benzene rings is 1. The van der Waals surface area contributed by atoms with Crippen molar-refractivity contribution >= 4 is 11.6 Å². The molecule has 1 aromatic carbocycles. The first-order chi connectivity index (χ1) is 9.16. The monoisotopic (exact) mass is 265 g/mol. The highest BCUT2D eigenvalue weighted by Gasteiger charge is 2.13. The molecule has 0 saturated carbocycles. The summed E-state index contributed by atoms with van der Waals surface area (Å²) in [5.74, 6) is -0.933. The second-order valence-electron chi connectivity index (χ2n) is 4.90. The van der Waals surface area contributed by atoms with Crippen LogP contribution in [-0.2, 0) is 0 Å². The Balaban J connectivity index is 1.75. The van der Waals surface area contributed by atoms with Crippen LogP contribution in [0.4, 0.5) is 10.1 Å². The zero-order valence-corrected chi connectivity index (χ0v) is 11.0. The third-order valence-electron chi connectivity index (χ3n) is 3.37. The number of anilines is 1. The van der Waals surface area contributed by atoms with Crippen LogP contribution in [0, 0.1) is 5.82 Å². The molecule has 1 heterocycles. The normalized spacial score (nSPS) is 15.6. The van der Waals surface area contributed by atoms with Gasteiger partial charge < -0.3 is 16.0 Å². The number of halogens is 1. The minimum atomic E-state index is -0.536. The lowest BCUT2D eigenvalue weighted by Crippen LogP contribution is -2.29. The summed E-state index contributed by atoms with van der Waals surface area (Å²) in [6.45, 7) is 3.85. The fourth-order valence-corrected chi connectivity index (χ4v) is 2.32. The molecule has 3 N–H and O–H groups in total. The topological polar surface area (TPSA) is 58.4 Å². The van der Waals surface area contributed by atoms with Crippen molar-refractivity contribution in [2.24, 2.45) is 0 Å². The van der Waals surface area contributed by atoms with Crippen molar-refractivity contribution in [3.63, 3.8) is 0 Å². The van der Waals surface area contributed by atoms with Crippen LogP contribution >= 0.6 is 0 Å². The van der Waals surface area contributed by atoms with E-state index in [1.807, 2.05) is 0 Å². The maximum Gasteiger partial charge on any atom is 0.254 e. The Bertz CT molecular complexity index is 444. The molecule has 1 saturated heterocycles. The second-order valence-corrected chi connectivity index (χ2v) is 4.90. The third-order valence-corrected chi connectivity index (χ3v) is 3.37. The van der Waals surface area contributed by atoms with Crippen molar-refractivity contribution in [1.82, 2.24) is 10.2 Å². The highest BCUT2D eigenvalue weighted by molar-refractivity contribution is 5.95. The van der Waals surface area contributed by atoms with Crippen LogP contribution in [0.3, 0.4) is 0 Å². The van der Waals surface area contributed by atoms with Gasteiger partial charge in [0.2, 0.25) is 0 Å². The number of amides is 1. The number of carbonyl (C=O) groups excluding carboxylic acids is 1. The largest absolute Gasteiger partial charge is 0.399 e. The zero-order chi connectivity index (χ0) is 13.7. The minimum absolute atomic E-state index is 0.0150. The molecule has 0 unspecified atom stereocenters. The molecule has 1 fully saturated rings. The zero-order valence-electron chi connectivity index (χ0n) is 11.0. The quantitative estimate of drug-likeness (QED) is 0.628. The maximum absolute atomic E-state index is 13.5. The molecule has 2 rings (SSSR count). The number of nitrogens with one attached hydrogen (secondary N) is 1. The maximum atomic E-state index is 13.5. The molecular weight excluding hydrogens is 245 g/mol. The average Bonchev–Trinajstić information content (AvgIpc) is 2.90. The number of carbonyl (C=O) groups is 1. The molecule has 1 aliphatic rings. The number of nitrogens with two attached hydrogens (primary N) is 1. The fourth-order valence-electron chi connectivity index (χ4n) is 2.32. The van der Waals surface area contributed by atoms with Gasteiger partial charge in [0.1, 0.15) is 5.82 Å². The SMILES string of the molecule is Nc1ccc(F)c(C(=O)NCCCN2CCCC2)c1. The lowest BCUT2D eigenvalue weighted by atomic mass is 10.1. The van der Waals surface area contributed by atoms with Gasteiger partial charge >= 0.3 is 0 Å². The molecular formula is C14H20FN3O. The number of nitrogens with zero attached hydrogens (tertiary/aromatic N) is 1. The molecule has 0 radical (unpaired) electrons. The summed E-state index contributed by atoms with van der Waals surface area (Å²) < 4.78 is 13.5.